The number of rotatable bonds is 5. The highest BCUT2D eigenvalue weighted by Gasteiger charge is 2.45. The minimum atomic E-state index is -0.224. The van der Waals surface area contributed by atoms with Gasteiger partial charge in [-0.15, -0.1) is 0 Å². The van der Waals surface area contributed by atoms with Crippen LogP contribution in [0.1, 0.15) is 98.3 Å². The molecule has 0 N–H and O–H groups in total. The number of carbonyl (C=O) groups is 1. The topological polar surface area (TPSA) is 51.7 Å². The molecule has 2 aromatic rings. The second-order valence-electron chi connectivity index (χ2n) is 10.3. The monoisotopic (exact) mass is 462 g/mol. The molecule has 5 nitrogen and oxygen atoms in total. The molecule has 2 unspecified atom stereocenters. The number of piperidine rings is 1. The highest BCUT2D eigenvalue weighted by molar-refractivity contribution is 5.94. The molecule has 1 spiro atoms. The Hall–Kier alpha value is -2.24. The van der Waals surface area contributed by atoms with E-state index in [1.54, 1.807) is 6.20 Å². The maximum atomic E-state index is 13.2. The first kappa shape index (κ1) is 23.5. The molecule has 2 aliphatic heterocycles. The van der Waals surface area contributed by atoms with Crippen LogP contribution in [0.15, 0.2) is 48.7 Å². The van der Waals surface area contributed by atoms with Crippen molar-refractivity contribution in [3.05, 3.63) is 65.5 Å². The Morgan fingerprint density at radius 1 is 1.09 bits per heavy atom. The van der Waals surface area contributed by atoms with Crippen molar-refractivity contribution in [2.75, 3.05) is 19.7 Å². The average Bonchev–Trinajstić information content (AvgIpc) is 2.90. The van der Waals surface area contributed by atoms with Gasteiger partial charge in [-0.05, 0) is 50.3 Å². The summed E-state index contributed by atoms with van der Waals surface area (Å²) in [5.41, 5.74) is 2.85. The van der Waals surface area contributed by atoms with E-state index in [1.807, 2.05) is 17.0 Å². The molecular weight excluding hydrogens is 424 g/mol. The maximum absolute atomic E-state index is 13.2. The number of likely N-dealkylation sites (tertiary alicyclic amines) is 1. The lowest BCUT2D eigenvalue weighted by atomic mass is 9.80. The van der Waals surface area contributed by atoms with E-state index in [4.69, 9.17) is 9.47 Å². The van der Waals surface area contributed by atoms with Gasteiger partial charge in [-0.1, -0.05) is 49.6 Å². The number of nitrogens with zero attached hydrogens (tertiary/aromatic N) is 2. The van der Waals surface area contributed by atoms with Crippen LogP contribution in [0, 0.1) is 0 Å². The van der Waals surface area contributed by atoms with Gasteiger partial charge in [0, 0.05) is 50.3 Å². The van der Waals surface area contributed by atoms with Crippen LogP contribution in [0.25, 0.3) is 0 Å². The van der Waals surface area contributed by atoms with Crippen molar-refractivity contribution in [1.82, 2.24) is 9.88 Å². The summed E-state index contributed by atoms with van der Waals surface area (Å²) >= 11 is 0. The summed E-state index contributed by atoms with van der Waals surface area (Å²) in [6.07, 6.45) is 11.9. The Kier molecular flexibility index (Phi) is 7.31. The van der Waals surface area contributed by atoms with E-state index in [0.717, 1.165) is 38.0 Å². The molecule has 34 heavy (non-hydrogen) atoms. The maximum Gasteiger partial charge on any atom is 0.255 e. The molecule has 1 amide bonds. The van der Waals surface area contributed by atoms with Crippen LogP contribution < -0.4 is 0 Å². The standard InChI is InChI=1S/C29H38N2O3/c1-2-33-25-19-27(23-11-7-4-8-12-23)34-29(20-25)15-17-31(18-16-29)28(32)24-13-14-26(30-21-24)22-9-5-3-6-10-22/h4,7-8,11-14,21-22,25,27H,2-3,5-6,9-10,15-20H2,1H3. The molecule has 2 atom stereocenters. The lowest BCUT2D eigenvalue weighted by molar-refractivity contribution is -0.190. The Balaban J connectivity index is 1.23. The predicted octanol–water partition coefficient (Wildman–Crippen LogP) is 6.06. The number of benzene rings is 1. The Morgan fingerprint density at radius 2 is 1.85 bits per heavy atom. The third-order valence-corrected chi connectivity index (χ3v) is 8.06. The van der Waals surface area contributed by atoms with Crippen LogP contribution in [0.4, 0.5) is 0 Å². The molecule has 3 fully saturated rings. The Morgan fingerprint density at radius 3 is 2.53 bits per heavy atom. The van der Waals surface area contributed by atoms with Crippen LogP contribution in [0.2, 0.25) is 0 Å². The molecule has 2 saturated heterocycles. The third-order valence-electron chi connectivity index (χ3n) is 8.06. The number of hydrogen-bond donors (Lipinski definition) is 0. The molecule has 0 bridgehead atoms. The van der Waals surface area contributed by atoms with E-state index >= 15 is 0 Å². The SMILES string of the molecule is CCOC1CC(c2ccccc2)OC2(CCN(C(=O)c3ccc(C4CCCCC4)nc3)CC2)C1. The second kappa shape index (κ2) is 10.6. The van der Waals surface area contributed by atoms with Gasteiger partial charge in [-0.25, -0.2) is 0 Å². The van der Waals surface area contributed by atoms with Crippen molar-refractivity contribution in [1.29, 1.82) is 0 Å². The van der Waals surface area contributed by atoms with Gasteiger partial charge in [-0.2, -0.15) is 0 Å². The van der Waals surface area contributed by atoms with Gasteiger partial charge in [0.15, 0.2) is 0 Å². The van der Waals surface area contributed by atoms with Gasteiger partial charge in [0.05, 0.1) is 23.4 Å². The first-order chi connectivity index (χ1) is 16.7. The largest absolute Gasteiger partial charge is 0.378 e. The second-order valence-corrected chi connectivity index (χ2v) is 10.3. The molecule has 1 aromatic heterocycles. The lowest BCUT2D eigenvalue weighted by Crippen LogP contribution is -2.52. The van der Waals surface area contributed by atoms with E-state index < -0.39 is 0 Å². The fraction of sp³-hybridized carbons (Fsp3) is 0.586. The molecule has 3 heterocycles. The Labute approximate surface area is 203 Å². The average molecular weight is 463 g/mol. The van der Waals surface area contributed by atoms with Crippen LogP contribution in [0.5, 0.6) is 0 Å². The molecule has 5 heteroatoms. The van der Waals surface area contributed by atoms with Crippen molar-refractivity contribution in [3.8, 4) is 0 Å². The van der Waals surface area contributed by atoms with Gasteiger partial charge in [0.1, 0.15) is 0 Å². The molecule has 3 aliphatic rings. The number of aromatic nitrogens is 1. The van der Waals surface area contributed by atoms with E-state index in [0.29, 0.717) is 24.6 Å². The molecule has 1 aromatic carbocycles. The van der Waals surface area contributed by atoms with Crippen molar-refractivity contribution in [2.24, 2.45) is 0 Å². The van der Waals surface area contributed by atoms with Gasteiger partial charge in [0.25, 0.3) is 5.91 Å². The lowest BCUT2D eigenvalue weighted by Gasteiger charge is -2.48. The first-order valence-corrected chi connectivity index (χ1v) is 13.3. The van der Waals surface area contributed by atoms with E-state index in [-0.39, 0.29) is 23.7 Å². The fourth-order valence-electron chi connectivity index (χ4n) is 6.16. The zero-order valence-corrected chi connectivity index (χ0v) is 20.5. The van der Waals surface area contributed by atoms with Crippen molar-refractivity contribution < 1.29 is 14.3 Å². The summed E-state index contributed by atoms with van der Waals surface area (Å²) in [6, 6.07) is 14.6. The normalized spacial score (nSPS) is 25.4. The number of ether oxygens (including phenoxy) is 2. The molecule has 182 valence electrons. The molecular formula is C29H38N2O3. The summed E-state index contributed by atoms with van der Waals surface area (Å²) in [5.74, 6) is 0.654. The quantitative estimate of drug-likeness (QED) is 0.542. The summed E-state index contributed by atoms with van der Waals surface area (Å²) < 4.78 is 12.9. The van der Waals surface area contributed by atoms with Gasteiger partial charge < -0.3 is 14.4 Å². The van der Waals surface area contributed by atoms with Crippen LogP contribution in [0.3, 0.4) is 0 Å². The smallest absolute Gasteiger partial charge is 0.255 e. The highest BCUT2D eigenvalue weighted by Crippen LogP contribution is 2.44. The number of amides is 1. The number of carbonyl (C=O) groups excluding carboxylic acids is 1. The predicted molar refractivity (Wildman–Crippen MR) is 133 cm³/mol. The zero-order valence-electron chi connectivity index (χ0n) is 20.5. The molecule has 5 rings (SSSR count). The molecule has 1 saturated carbocycles. The summed E-state index contributed by atoms with van der Waals surface area (Å²) in [5, 5.41) is 0. The summed E-state index contributed by atoms with van der Waals surface area (Å²) in [6.45, 7) is 4.21. The molecule has 1 aliphatic carbocycles. The number of pyridine rings is 1. The van der Waals surface area contributed by atoms with Gasteiger partial charge in [-0.3, -0.25) is 9.78 Å². The van der Waals surface area contributed by atoms with E-state index in [2.05, 4.69) is 42.2 Å². The zero-order chi connectivity index (χ0) is 23.4. The third kappa shape index (κ3) is 5.21. The van der Waals surface area contributed by atoms with Crippen molar-refractivity contribution in [3.63, 3.8) is 0 Å². The van der Waals surface area contributed by atoms with Gasteiger partial charge in [0.2, 0.25) is 0 Å². The minimum absolute atomic E-state index is 0.0466. The van der Waals surface area contributed by atoms with Crippen molar-refractivity contribution in [2.45, 2.75) is 88.4 Å². The minimum Gasteiger partial charge on any atom is -0.378 e. The van der Waals surface area contributed by atoms with E-state index in [1.165, 1.54) is 37.7 Å². The first-order valence-electron chi connectivity index (χ1n) is 13.3. The van der Waals surface area contributed by atoms with Gasteiger partial charge >= 0.3 is 0 Å². The van der Waals surface area contributed by atoms with E-state index in [9.17, 15) is 4.79 Å². The fourth-order valence-corrected chi connectivity index (χ4v) is 6.16. The highest BCUT2D eigenvalue weighted by atomic mass is 16.5. The summed E-state index contributed by atoms with van der Waals surface area (Å²) in [4.78, 5) is 19.9. The Bertz CT molecular complexity index is 932. The molecule has 0 radical (unpaired) electrons. The summed E-state index contributed by atoms with van der Waals surface area (Å²) in [7, 11) is 0. The number of hydrogen-bond acceptors (Lipinski definition) is 4. The van der Waals surface area contributed by atoms with Crippen LogP contribution in [-0.2, 0) is 9.47 Å². The van der Waals surface area contributed by atoms with Crippen LogP contribution in [-0.4, -0.2) is 47.2 Å². The van der Waals surface area contributed by atoms with Crippen molar-refractivity contribution >= 4 is 5.91 Å². The van der Waals surface area contributed by atoms with Crippen LogP contribution >= 0.6 is 0 Å².